The summed E-state index contributed by atoms with van der Waals surface area (Å²) in [5.41, 5.74) is -1.93. The van der Waals surface area contributed by atoms with Crippen molar-refractivity contribution < 1.29 is 35.8 Å². The van der Waals surface area contributed by atoms with Crippen LogP contribution in [0.5, 0.6) is 11.5 Å². The molecule has 0 saturated carbocycles. The number of aryl methyl sites for hydroxylation is 1. The lowest BCUT2D eigenvalue weighted by molar-refractivity contribution is -0.277. The van der Waals surface area contributed by atoms with E-state index in [0.717, 1.165) is 13.2 Å². The molecule has 0 aliphatic rings. The average molecular weight is 275 g/mol. The Hall–Kier alpha value is -1.67. The number of ether oxygens (including phenoxy) is 2. The maximum absolute atomic E-state index is 12.6. The number of pyridine rings is 1. The summed E-state index contributed by atoms with van der Waals surface area (Å²) in [6.45, 7) is 1.19. The van der Waals surface area contributed by atoms with Crippen LogP contribution in [0, 0.1) is 6.92 Å². The number of hydrogen-bond acceptors (Lipinski definition) is 3. The summed E-state index contributed by atoms with van der Waals surface area (Å²) >= 11 is 0. The molecule has 1 heterocycles. The molecule has 0 amide bonds. The van der Waals surface area contributed by atoms with Crippen LogP contribution in [0.3, 0.4) is 0 Å². The van der Waals surface area contributed by atoms with Crippen molar-refractivity contribution in [3.63, 3.8) is 0 Å². The summed E-state index contributed by atoms with van der Waals surface area (Å²) in [5.74, 6) is -2.18. The molecule has 0 spiro atoms. The first kappa shape index (κ1) is 14.4. The second-order valence-corrected chi connectivity index (χ2v) is 3.19. The molecule has 0 bridgehead atoms. The molecule has 0 fully saturated rings. The zero-order valence-electron chi connectivity index (χ0n) is 9.11. The zero-order chi connectivity index (χ0) is 14.1. The summed E-state index contributed by atoms with van der Waals surface area (Å²) in [6, 6.07) is 0.913. The van der Waals surface area contributed by atoms with E-state index in [4.69, 9.17) is 0 Å². The third-order valence-corrected chi connectivity index (χ3v) is 1.77. The molecule has 0 N–H and O–H groups in total. The van der Waals surface area contributed by atoms with Gasteiger partial charge < -0.3 is 9.47 Å². The molecule has 0 radical (unpaired) electrons. The molecule has 3 nitrogen and oxygen atoms in total. The van der Waals surface area contributed by atoms with E-state index in [9.17, 15) is 26.3 Å². The number of nitrogens with zero attached hydrogens (tertiary/aromatic N) is 1. The molecule has 0 saturated heterocycles. The molecular weight excluding hydrogens is 268 g/mol. The fourth-order valence-corrected chi connectivity index (χ4v) is 1.19. The molecule has 18 heavy (non-hydrogen) atoms. The van der Waals surface area contributed by atoms with Crippen LogP contribution in [-0.4, -0.2) is 18.5 Å². The van der Waals surface area contributed by atoms with E-state index in [1.165, 1.54) is 6.92 Å². The van der Waals surface area contributed by atoms with Crippen LogP contribution in [0.4, 0.5) is 26.3 Å². The SMILES string of the molecule is COc1cc(C)nc(C(F)(F)F)c1OC(F)(F)F. The summed E-state index contributed by atoms with van der Waals surface area (Å²) in [4.78, 5) is 3.01. The van der Waals surface area contributed by atoms with Crippen molar-refractivity contribution >= 4 is 0 Å². The van der Waals surface area contributed by atoms with Gasteiger partial charge in [-0.1, -0.05) is 0 Å². The monoisotopic (exact) mass is 275 g/mol. The molecule has 1 rings (SSSR count). The molecule has 0 aliphatic heterocycles. The molecule has 0 atom stereocenters. The van der Waals surface area contributed by atoms with Gasteiger partial charge >= 0.3 is 12.5 Å². The van der Waals surface area contributed by atoms with E-state index >= 15 is 0 Å². The van der Waals surface area contributed by atoms with Crippen LogP contribution >= 0.6 is 0 Å². The van der Waals surface area contributed by atoms with Crippen molar-refractivity contribution in [3.05, 3.63) is 17.5 Å². The Morgan fingerprint density at radius 1 is 1.11 bits per heavy atom. The van der Waals surface area contributed by atoms with Crippen molar-refractivity contribution in [2.75, 3.05) is 7.11 Å². The quantitative estimate of drug-likeness (QED) is 0.776. The van der Waals surface area contributed by atoms with E-state index in [-0.39, 0.29) is 5.69 Å². The van der Waals surface area contributed by atoms with E-state index in [1.54, 1.807) is 0 Å². The van der Waals surface area contributed by atoms with E-state index in [0.29, 0.717) is 0 Å². The molecule has 9 heteroatoms. The van der Waals surface area contributed by atoms with E-state index in [2.05, 4.69) is 14.5 Å². The number of hydrogen-bond donors (Lipinski definition) is 0. The first-order chi connectivity index (χ1) is 8.04. The minimum atomic E-state index is -5.27. The van der Waals surface area contributed by atoms with Gasteiger partial charge in [-0.05, 0) is 6.92 Å². The first-order valence-electron chi connectivity index (χ1n) is 4.43. The van der Waals surface area contributed by atoms with Crippen molar-refractivity contribution in [1.29, 1.82) is 0 Å². The predicted molar refractivity (Wildman–Crippen MR) is 47.2 cm³/mol. The molecule has 0 unspecified atom stereocenters. The van der Waals surface area contributed by atoms with Gasteiger partial charge in [0, 0.05) is 11.8 Å². The fraction of sp³-hybridized carbons (Fsp3) is 0.444. The number of methoxy groups -OCH3 is 1. The first-order valence-corrected chi connectivity index (χ1v) is 4.43. The van der Waals surface area contributed by atoms with Gasteiger partial charge in [-0.25, -0.2) is 4.98 Å². The average Bonchev–Trinajstić information content (AvgIpc) is 2.16. The van der Waals surface area contributed by atoms with Crippen molar-refractivity contribution in [2.24, 2.45) is 0 Å². The molecule has 0 aliphatic carbocycles. The Kier molecular flexibility index (Phi) is 3.63. The van der Waals surface area contributed by atoms with Crippen LogP contribution in [0.15, 0.2) is 6.07 Å². The van der Waals surface area contributed by atoms with E-state index < -0.39 is 29.7 Å². The lowest BCUT2D eigenvalue weighted by atomic mass is 10.2. The topological polar surface area (TPSA) is 31.4 Å². The summed E-state index contributed by atoms with van der Waals surface area (Å²) in [6.07, 6.45) is -10.4. The van der Waals surface area contributed by atoms with Gasteiger partial charge in [-0.3, -0.25) is 0 Å². The van der Waals surface area contributed by atoms with Crippen LogP contribution in [0.25, 0.3) is 0 Å². The lowest BCUT2D eigenvalue weighted by Gasteiger charge is -2.17. The Morgan fingerprint density at radius 3 is 2.06 bits per heavy atom. The second kappa shape index (κ2) is 4.54. The number of rotatable bonds is 2. The number of alkyl halides is 6. The molecular formula is C9H7F6NO2. The van der Waals surface area contributed by atoms with Crippen molar-refractivity contribution in [1.82, 2.24) is 4.98 Å². The maximum Gasteiger partial charge on any atom is 0.573 e. The van der Waals surface area contributed by atoms with Crippen LogP contribution in [0.2, 0.25) is 0 Å². The summed E-state index contributed by atoms with van der Waals surface area (Å²) in [7, 11) is 0.929. The largest absolute Gasteiger partial charge is 0.573 e. The van der Waals surface area contributed by atoms with Gasteiger partial charge in [-0.2, -0.15) is 13.2 Å². The van der Waals surface area contributed by atoms with Crippen molar-refractivity contribution in [2.45, 2.75) is 19.5 Å². The highest BCUT2D eigenvalue weighted by Crippen LogP contribution is 2.42. The minimum absolute atomic E-state index is 0.145. The van der Waals surface area contributed by atoms with Gasteiger partial charge in [0.1, 0.15) is 0 Å². The fourth-order valence-electron chi connectivity index (χ4n) is 1.19. The Labute approximate surface area is 97.3 Å². The summed E-state index contributed by atoms with van der Waals surface area (Å²) < 4.78 is 81.6. The van der Waals surface area contributed by atoms with E-state index in [1.807, 2.05) is 0 Å². The van der Waals surface area contributed by atoms with Gasteiger partial charge in [0.15, 0.2) is 11.4 Å². The van der Waals surface area contributed by atoms with Crippen LogP contribution in [0.1, 0.15) is 11.4 Å². The number of halogens is 6. The highest BCUT2D eigenvalue weighted by molar-refractivity contribution is 5.45. The number of aromatic nitrogens is 1. The van der Waals surface area contributed by atoms with Gasteiger partial charge in [0.05, 0.1) is 7.11 Å². The van der Waals surface area contributed by atoms with Gasteiger partial charge in [-0.15, -0.1) is 13.2 Å². The molecule has 102 valence electrons. The Balaban J connectivity index is 3.43. The lowest BCUT2D eigenvalue weighted by Crippen LogP contribution is -2.22. The summed E-state index contributed by atoms with van der Waals surface area (Å²) in [5, 5.41) is 0. The molecule has 0 aromatic carbocycles. The molecule has 1 aromatic heterocycles. The van der Waals surface area contributed by atoms with Crippen LogP contribution in [-0.2, 0) is 6.18 Å². The second-order valence-electron chi connectivity index (χ2n) is 3.19. The van der Waals surface area contributed by atoms with Gasteiger partial charge in [0.2, 0.25) is 5.75 Å². The Bertz CT molecular complexity index is 440. The smallest absolute Gasteiger partial charge is 0.493 e. The van der Waals surface area contributed by atoms with Crippen molar-refractivity contribution in [3.8, 4) is 11.5 Å². The maximum atomic E-state index is 12.6. The van der Waals surface area contributed by atoms with Crippen LogP contribution < -0.4 is 9.47 Å². The zero-order valence-corrected chi connectivity index (χ0v) is 9.11. The minimum Gasteiger partial charge on any atom is -0.493 e. The third kappa shape index (κ3) is 3.41. The van der Waals surface area contributed by atoms with Gasteiger partial charge in [0.25, 0.3) is 0 Å². The normalized spacial score (nSPS) is 12.4. The Morgan fingerprint density at radius 2 is 1.67 bits per heavy atom. The standard InChI is InChI=1S/C9H7F6NO2/c1-4-3-5(17-2)6(18-9(13,14)15)7(16-4)8(10,11)12/h3H,1-2H3. The third-order valence-electron chi connectivity index (χ3n) is 1.77. The highest BCUT2D eigenvalue weighted by atomic mass is 19.4. The molecule has 1 aromatic rings. The highest BCUT2D eigenvalue weighted by Gasteiger charge is 2.42. The predicted octanol–water partition coefficient (Wildman–Crippen LogP) is 3.32.